The van der Waals surface area contributed by atoms with E-state index in [1.165, 1.54) is 5.56 Å². The Hall–Kier alpha value is -0.900. The van der Waals surface area contributed by atoms with E-state index >= 15 is 0 Å². The molecule has 0 fully saturated rings. The molecule has 1 aromatic rings. The lowest BCUT2D eigenvalue weighted by Gasteiger charge is -2.24. The van der Waals surface area contributed by atoms with Gasteiger partial charge in [0.1, 0.15) is 9.65 Å². The van der Waals surface area contributed by atoms with Gasteiger partial charge in [-0.05, 0) is 68.0 Å². The van der Waals surface area contributed by atoms with Gasteiger partial charge in [-0.3, -0.25) is 4.90 Å². The molecule has 0 aromatic heterocycles. The molecule has 0 bridgehead atoms. The molecular weight excluding hydrogens is 333 g/mol. The number of hydrogen-bond acceptors (Lipinski definition) is 1. The highest BCUT2D eigenvalue weighted by Crippen LogP contribution is 2.30. The van der Waals surface area contributed by atoms with E-state index in [1.807, 2.05) is 27.7 Å². The molecular formula is C15H18Cl3NO2. The van der Waals surface area contributed by atoms with Crippen LogP contribution in [-0.2, 0) is 6.54 Å². The summed E-state index contributed by atoms with van der Waals surface area (Å²) in [6.07, 6.45) is -1.20. The van der Waals surface area contributed by atoms with E-state index in [-0.39, 0.29) is 16.2 Å². The highest BCUT2D eigenvalue weighted by atomic mass is 35.5. The summed E-state index contributed by atoms with van der Waals surface area (Å²) in [6, 6.07) is 0. The Bertz CT molecular complexity index is 591. The first kappa shape index (κ1) is 18.1. The second-order valence-electron chi connectivity index (χ2n) is 5.02. The second-order valence-corrected chi connectivity index (χ2v) is 6.33. The van der Waals surface area contributed by atoms with Crippen LogP contribution < -0.4 is 0 Å². The van der Waals surface area contributed by atoms with Crippen LogP contribution in [0.15, 0.2) is 9.65 Å². The predicted octanol–water partition coefficient (Wildman–Crippen LogP) is 5.55. The summed E-state index contributed by atoms with van der Waals surface area (Å²) in [5, 5.41) is 9.12. The third kappa shape index (κ3) is 3.65. The minimum Gasteiger partial charge on any atom is -0.465 e. The van der Waals surface area contributed by atoms with Crippen LogP contribution in [0.4, 0.5) is 4.79 Å². The molecule has 1 aromatic carbocycles. The Morgan fingerprint density at radius 3 is 1.62 bits per heavy atom. The van der Waals surface area contributed by atoms with Crippen LogP contribution in [0, 0.1) is 34.6 Å². The maximum absolute atomic E-state index is 11.4. The summed E-state index contributed by atoms with van der Waals surface area (Å²) >= 11 is 17.1. The van der Waals surface area contributed by atoms with E-state index in [0.29, 0.717) is 0 Å². The van der Waals surface area contributed by atoms with Gasteiger partial charge in [0, 0.05) is 0 Å². The van der Waals surface area contributed by atoms with Crippen LogP contribution in [0.25, 0.3) is 0 Å². The van der Waals surface area contributed by atoms with Gasteiger partial charge in [-0.25, -0.2) is 4.79 Å². The van der Waals surface area contributed by atoms with Crippen LogP contribution >= 0.6 is 34.8 Å². The molecule has 0 spiro atoms. The summed E-state index contributed by atoms with van der Waals surface area (Å²) < 4.78 is -0.269. The molecule has 0 atom stereocenters. The number of benzene rings is 1. The standard InChI is InChI=1S/C15H18Cl3NO2/c1-7-8(2)10(4)12(11(5)9(7)3)6-19(15(20)21)14(18)13(16)17/h6H2,1-5H3,(H,20,21). The predicted molar refractivity (Wildman–Crippen MR) is 88.3 cm³/mol. The van der Waals surface area contributed by atoms with Crippen molar-refractivity contribution in [3.63, 3.8) is 0 Å². The zero-order valence-electron chi connectivity index (χ0n) is 12.6. The molecule has 0 aliphatic rings. The molecule has 3 nitrogen and oxygen atoms in total. The quantitative estimate of drug-likeness (QED) is 0.726. The summed E-state index contributed by atoms with van der Waals surface area (Å²) in [6.45, 7) is 10.2. The van der Waals surface area contributed by atoms with Crippen LogP contribution in [0.1, 0.15) is 33.4 Å². The van der Waals surface area contributed by atoms with Crippen molar-refractivity contribution in [2.45, 2.75) is 41.2 Å². The molecule has 116 valence electrons. The van der Waals surface area contributed by atoms with Gasteiger partial charge in [-0.15, -0.1) is 0 Å². The lowest BCUT2D eigenvalue weighted by Crippen LogP contribution is -2.27. The van der Waals surface area contributed by atoms with Crippen molar-refractivity contribution in [1.82, 2.24) is 4.90 Å². The fourth-order valence-corrected chi connectivity index (χ4v) is 2.63. The Morgan fingerprint density at radius 2 is 1.29 bits per heavy atom. The number of hydrogen-bond donors (Lipinski definition) is 1. The topological polar surface area (TPSA) is 40.5 Å². The molecule has 0 heterocycles. The largest absolute Gasteiger partial charge is 0.465 e. The number of rotatable bonds is 3. The molecule has 0 radical (unpaired) electrons. The van der Waals surface area contributed by atoms with Crippen molar-refractivity contribution in [3.8, 4) is 0 Å². The van der Waals surface area contributed by atoms with Crippen LogP contribution in [-0.4, -0.2) is 16.1 Å². The van der Waals surface area contributed by atoms with Crippen LogP contribution in [0.5, 0.6) is 0 Å². The summed E-state index contributed by atoms with van der Waals surface area (Å²) in [5.74, 6) is 0. The van der Waals surface area contributed by atoms with Crippen LogP contribution in [0.3, 0.4) is 0 Å². The highest BCUT2D eigenvalue weighted by Gasteiger charge is 2.22. The number of amides is 1. The molecule has 6 heteroatoms. The van der Waals surface area contributed by atoms with E-state index in [1.54, 1.807) is 0 Å². The first-order valence-corrected chi connectivity index (χ1v) is 7.50. The molecule has 0 aliphatic heterocycles. The zero-order chi connectivity index (χ0) is 16.5. The molecule has 0 unspecified atom stereocenters. The van der Waals surface area contributed by atoms with Crippen molar-refractivity contribution >= 4 is 40.9 Å². The molecule has 21 heavy (non-hydrogen) atoms. The minimum atomic E-state index is -1.20. The highest BCUT2D eigenvalue weighted by molar-refractivity contribution is 6.59. The van der Waals surface area contributed by atoms with Crippen LogP contribution in [0.2, 0.25) is 0 Å². The van der Waals surface area contributed by atoms with Gasteiger partial charge in [-0.2, -0.15) is 0 Å². The molecule has 0 saturated heterocycles. The fourth-order valence-electron chi connectivity index (χ4n) is 2.30. The normalized spacial score (nSPS) is 10.5. The van der Waals surface area contributed by atoms with E-state index < -0.39 is 6.09 Å². The van der Waals surface area contributed by atoms with Gasteiger partial charge in [0.2, 0.25) is 0 Å². The van der Waals surface area contributed by atoms with Crippen molar-refractivity contribution in [2.75, 3.05) is 0 Å². The molecule has 1 N–H and O–H groups in total. The average molecular weight is 351 g/mol. The van der Waals surface area contributed by atoms with E-state index in [2.05, 4.69) is 6.92 Å². The van der Waals surface area contributed by atoms with E-state index in [9.17, 15) is 9.90 Å². The van der Waals surface area contributed by atoms with Gasteiger partial charge >= 0.3 is 6.09 Å². The average Bonchev–Trinajstić information content (AvgIpc) is 2.42. The smallest absolute Gasteiger partial charge is 0.412 e. The molecule has 0 aliphatic carbocycles. The van der Waals surface area contributed by atoms with Gasteiger partial charge in [0.05, 0.1) is 6.54 Å². The molecule has 1 rings (SSSR count). The summed E-state index contributed by atoms with van der Waals surface area (Å²) in [5.41, 5.74) is 6.54. The molecule has 0 saturated carbocycles. The second kappa shape index (κ2) is 6.91. The lowest BCUT2D eigenvalue weighted by molar-refractivity contribution is 0.159. The van der Waals surface area contributed by atoms with Gasteiger partial charge in [0.15, 0.2) is 0 Å². The van der Waals surface area contributed by atoms with Crippen molar-refractivity contribution in [1.29, 1.82) is 0 Å². The lowest BCUT2D eigenvalue weighted by atomic mass is 9.89. The zero-order valence-corrected chi connectivity index (χ0v) is 14.9. The van der Waals surface area contributed by atoms with Crippen molar-refractivity contribution in [3.05, 3.63) is 43.0 Å². The SMILES string of the molecule is Cc1c(C)c(C)c(CN(C(=O)O)C(Cl)=C(Cl)Cl)c(C)c1C. The third-order valence-electron chi connectivity index (χ3n) is 4.10. The monoisotopic (exact) mass is 349 g/mol. The van der Waals surface area contributed by atoms with E-state index in [4.69, 9.17) is 34.8 Å². The third-order valence-corrected chi connectivity index (χ3v) is 5.04. The van der Waals surface area contributed by atoms with Crippen molar-refractivity contribution in [2.24, 2.45) is 0 Å². The summed E-state index contributed by atoms with van der Waals surface area (Å²) in [7, 11) is 0. The Balaban J connectivity index is 3.42. The first-order valence-electron chi connectivity index (χ1n) is 6.36. The number of carbonyl (C=O) groups is 1. The number of nitrogens with zero attached hydrogens (tertiary/aromatic N) is 1. The summed E-state index contributed by atoms with van der Waals surface area (Å²) in [4.78, 5) is 12.3. The Morgan fingerprint density at radius 1 is 0.905 bits per heavy atom. The fraction of sp³-hybridized carbons (Fsp3) is 0.400. The van der Waals surface area contributed by atoms with Gasteiger partial charge in [-0.1, -0.05) is 34.8 Å². The Kier molecular flexibility index (Phi) is 5.97. The van der Waals surface area contributed by atoms with E-state index in [0.717, 1.165) is 32.7 Å². The molecule has 1 amide bonds. The minimum absolute atomic E-state index is 0.108. The van der Waals surface area contributed by atoms with Gasteiger partial charge < -0.3 is 5.11 Å². The Labute approximate surface area is 140 Å². The maximum Gasteiger partial charge on any atom is 0.412 e. The number of carboxylic acid groups (broad SMARTS) is 1. The van der Waals surface area contributed by atoms with Crippen molar-refractivity contribution < 1.29 is 9.90 Å². The maximum atomic E-state index is 11.4. The van der Waals surface area contributed by atoms with Gasteiger partial charge in [0.25, 0.3) is 0 Å². The first-order chi connectivity index (χ1) is 9.59. The number of halogens is 3.